The van der Waals surface area contributed by atoms with Gasteiger partial charge in [-0.3, -0.25) is 9.59 Å². The van der Waals surface area contributed by atoms with Gasteiger partial charge in [-0.1, -0.05) is 12.1 Å². The molecule has 33 heavy (non-hydrogen) atoms. The van der Waals surface area contributed by atoms with E-state index >= 15 is 0 Å². The number of nitrogens with one attached hydrogen (secondary N) is 2. The number of esters is 1. The highest BCUT2D eigenvalue weighted by molar-refractivity contribution is 6.24. The van der Waals surface area contributed by atoms with Gasteiger partial charge in [-0.2, -0.15) is 0 Å². The van der Waals surface area contributed by atoms with Gasteiger partial charge in [0.05, 0.1) is 29.8 Å². The number of carbonyl (C=O) groups excluding carboxylic acids is 3. The van der Waals surface area contributed by atoms with E-state index in [1.165, 1.54) is 12.5 Å². The maximum atomic E-state index is 13.1. The van der Waals surface area contributed by atoms with Gasteiger partial charge in [0.2, 0.25) is 5.91 Å². The van der Waals surface area contributed by atoms with Crippen LogP contribution in [0.15, 0.2) is 63.5 Å². The number of para-hydroxylation sites is 2. The van der Waals surface area contributed by atoms with Crippen LogP contribution in [0.1, 0.15) is 37.0 Å². The van der Waals surface area contributed by atoms with Gasteiger partial charge >= 0.3 is 5.97 Å². The van der Waals surface area contributed by atoms with Crippen LogP contribution in [0.25, 0.3) is 0 Å². The molecule has 2 aromatic rings. The fourth-order valence-electron chi connectivity index (χ4n) is 3.97. The summed E-state index contributed by atoms with van der Waals surface area (Å²) in [5, 5.41) is 6.04. The highest BCUT2D eigenvalue weighted by atomic mass is 16.5. The number of fused-ring (bicyclic) bond motifs is 1. The Morgan fingerprint density at radius 2 is 1.97 bits per heavy atom. The fraction of sp³-hybridized carbons (Fsp3) is 0.333. The predicted molar refractivity (Wildman–Crippen MR) is 122 cm³/mol. The molecule has 0 unspecified atom stereocenters. The maximum Gasteiger partial charge on any atom is 0.343 e. The van der Waals surface area contributed by atoms with Crippen LogP contribution >= 0.6 is 0 Å². The number of benzene rings is 1. The molecule has 2 amide bonds. The third-order valence-corrected chi connectivity index (χ3v) is 5.71. The van der Waals surface area contributed by atoms with Gasteiger partial charge in [-0.25, -0.2) is 9.79 Å². The molecule has 2 aliphatic rings. The van der Waals surface area contributed by atoms with Gasteiger partial charge in [-0.15, -0.1) is 0 Å². The molecule has 9 nitrogen and oxygen atoms in total. The zero-order chi connectivity index (χ0) is 23.4. The van der Waals surface area contributed by atoms with Crippen LogP contribution in [0.4, 0.5) is 11.4 Å². The number of aliphatic imine (C=N–C) groups is 1. The summed E-state index contributed by atoms with van der Waals surface area (Å²) in [6.45, 7) is 4.58. The van der Waals surface area contributed by atoms with Crippen molar-refractivity contribution in [1.82, 2.24) is 10.2 Å². The number of amidine groups is 1. The van der Waals surface area contributed by atoms with E-state index < -0.39 is 5.97 Å². The fourth-order valence-corrected chi connectivity index (χ4v) is 3.97. The average Bonchev–Trinajstić information content (AvgIpc) is 3.30. The van der Waals surface area contributed by atoms with Crippen molar-refractivity contribution in [3.05, 3.63) is 59.7 Å². The summed E-state index contributed by atoms with van der Waals surface area (Å²) in [7, 11) is 0. The second-order valence-corrected chi connectivity index (χ2v) is 7.89. The standard InChI is InChI=1S/C24H26N4O5/c1-3-33-24(31)20-15(2)25-18-6-4-5-7-19(18)26-21(20)27-22(29)16-8-11-28(12-9-16)23(30)17-10-13-32-14-17/h4-7,10,13-14,16,25H,3,8-9,11-12H2,1-2H3,(H,26,27,29). The van der Waals surface area contributed by atoms with Crippen LogP contribution in [0.2, 0.25) is 0 Å². The van der Waals surface area contributed by atoms with E-state index in [1.807, 2.05) is 18.2 Å². The number of anilines is 1. The minimum Gasteiger partial charge on any atom is -0.472 e. The van der Waals surface area contributed by atoms with E-state index in [4.69, 9.17) is 9.15 Å². The number of carbonyl (C=O) groups is 3. The summed E-state index contributed by atoms with van der Waals surface area (Å²) in [6, 6.07) is 8.98. The zero-order valence-electron chi connectivity index (χ0n) is 18.6. The predicted octanol–water partition coefficient (Wildman–Crippen LogP) is 3.24. The topological polar surface area (TPSA) is 113 Å². The number of likely N-dealkylation sites (tertiary alicyclic amines) is 1. The normalized spacial score (nSPS) is 16.3. The van der Waals surface area contributed by atoms with Crippen LogP contribution in [0.5, 0.6) is 0 Å². The molecule has 4 rings (SSSR count). The maximum absolute atomic E-state index is 13.1. The van der Waals surface area contributed by atoms with E-state index in [2.05, 4.69) is 15.6 Å². The molecule has 0 saturated carbocycles. The van der Waals surface area contributed by atoms with Crippen molar-refractivity contribution in [2.45, 2.75) is 26.7 Å². The Labute approximate surface area is 191 Å². The third-order valence-electron chi connectivity index (χ3n) is 5.71. The molecule has 0 bridgehead atoms. The van der Waals surface area contributed by atoms with Crippen LogP contribution in [0, 0.1) is 5.92 Å². The molecule has 2 N–H and O–H groups in total. The largest absolute Gasteiger partial charge is 0.472 e. The lowest BCUT2D eigenvalue weighted by Gasteiger charge is -2.31. The summed E-state index contributed by atoms with van der Waals surface area (Å²) < 4.78 is 10.2. The van der Waals surface area contributed by atoms with Crippen molar-refractivity contribution in [2.24, 2.45) is 10.9 Å². The lowest BCUT2D eigenvalue weighted by atomic mass is 9.95. The molecule has 3 heterocycles. The van der Waals surface area contributed by atoms with Crippen LogP contribution in [-0.2, 0) is 14.3 Å². The Hall–Kier alpha value is -3.88. The quantitative estimate of drug-likeness (QED) is 0.692. The summed E-state index contributed by atoms with van der Waals surface area (Å²) in [4.78, 5) is 44.6. The zero-order valence-corrected chi connectivity index (χ0v) is 18.6. The Morgan fingerprint density at radius 3 is 2.67 bits per heavy atom. The lowest BCUT2D eigenvalue weighted by Crippen LogP contribution is -2.45. The molecule has 2 aliphatic heterocycles. The second-order valence-electron chi connectivity index (χ2n) is 7.89. The van der Waals surface area contributed by atoms with Gasteiger partial charge < -0.3 is 24.7 Å². The first-order valence-electron chi connectivity index (χ1n) is 10.9. The highest BCUT2D eigenvalue weighted by Gasteiger charge is 2.31. The summed E-state index contributed by atoms with van der Waals surface area (Å²) in [6.07, 6.45) is 3.90. The molecule has 172 valence electrons. The highest BCUT2D eigenvalue weighted by Crippen LogP contribution is 2.30. The molecule has 1 aromatic carbocycles. The SMILES string of the molecule is CCOC(=O)C1=C(C)Nc2ccccc2N=C1NC(=O)C1CCN(C(=O)c2ccoc2)CC1. The molecular formula is C24H26N4O5. The molecule has 1 fully saturated rings. The van der Waals surface area contributed by atoms with E-state index in [0.717, 1.165) is 5.69 Å². The van der Waals surface area contributed by atoms with Crippen LogP contribution in [-0.4, -0.2) is 48.2 Å². The third kappa shape index (κ3) is 4.82. The Morgan fingerprint density at radius 1 is 1.21 bits per heavy atom. The van der Waals surface area contributed by atoms with Crippen LogP contribution in [0.3, 0.4) is 0 Å². The number of allylic oxidation sites excluding steroid dienone is 1. The van der Waals surface area contributed by atoms with E-state index in [0.29, 0.717) is 42.9 Å². The first-order chi connectivity index (χ1) is 16.0. The van der Waals surface area contributed by atoms with Gasteiger partial charge in [-0.05, 0) is 44.9 Å². The Bertz CT molecular complexity index is 1110. The van der Waals surface area contributed by atoms with Gasteiger partial charge in [0, 0.05) is 24.7 Å². The van der Waals surface area contributed by atoms with E-state index in [1.54, 1.807) is 30.9 Å². The smallest absolute Gasteiger partial charge is 0.343 e. The van der Waals surface area contributed by atoms with Crippen LogP contribution < -0.4 is 10.6 Å². The summed E-state index contributed by atoms with van der Waals surface area (Å²) >= 11 is 0. The molecule has 0 radical (unpaired) electrons. The average molecular weight is 450 g/mol. The van der Waals surface area contributed by atoms with Crippen molar-refractivity contribution in [2.75, 3.05) is 25.0 Å². The minimum atomic E-state index is -0.560. The number of nitrogens with zero attached hydrogens (tertiary/aromatic N) is 2. The number of hydrogen-bond acceptors (Lipinski definition) is 7. The number of rotatable bonds is 4. The molecule has 0 spiro atoms. The number of amides is 2. The number of ether oxygens (including phenoxy) is 1. The van der Waals surface area contributed by atoms with Gasteiger partial charge in [0.25, 0.3) is 5.91 Å². The first-order valence-corrected chi connectivity index (χ1v) is 10.9. The van der Waals surface area contributed by atoms with Crippen molar-refractivity contribution < 1.29 is 23.5 Å². The van der Waals surface area contributed by atoms with Crippen molar-refractivity contribution in [1.29, 1.82) is 0 Å². The first kappa shape index (κ1) is 22.3. The van der Waals surface area contributed by atoms with E-state index in [9.17, 15) is 14.4 Å². The Balaban J connectivity index is 1.50. The van der Waals surface area contributed by atoms with Gasteiger partial charge in [0.15, 0.2) is 0 Å². The monoisotopic (exact) mass is 450 g/mol. The van der Waals surface area contributed by atoms with Crippen molar-refractivity contribution in [3.8, 4) is 0 Å². The second kappa shape index (κ2) is 9.72. The molecule has 0 atom stereocenters. The summed E-state index contributed by atoms with van der Waals surface area (Å²) in [5.74, 6) is -1.06. The summed E-state index contributed by atoms with van der Waals surface area (Å²) in [5.41, 5.74) is 2.56. The molecule has 1 saturated heterocycles. The molecule has 9 heteroatoms. The van der Waals surface area contributed by atoms with Crippen molar-refractivity contribution >= 4 is 35.0 Å². The Kier molecular flexibility index (Phi) is 6.58. The number of piperidine rings is 1. The lowest BCUT2D eigenvalue weighted by molar-refractivity contribution is -0.137. The number of furan rings is 1. The molecule has 0 aliphatic carbocycles. The number of hydrogen-bond donors (Lipinski definition) is 2. The minimum absolute atomic E-state index is 0.110. The molecular weight excluding hydrogens is 424 g/mol. The van der Waals surface area contributed by atoms with E-state index in [-0.39, 0.29) is 35.7 Å². The van der Waals surface area contributed by atoms with Crippen molar-refractivity contribution in [3.63, 3.8) is 0 Å². The molecule has 1 aromatic heterocycles. The van der Waals surface area contributed by atoms with Gasteiger partial charge in [0.1, 0.15) is 17.7 Å².